The van der Waals surface area contributed by atoms with Gasteiger partial charge in [-0.3, -0.25) is 4.98 Å². The van der Waals surface area contributed by atoms with Gasteiger partial charge in [0.1, 0.15) is 6.61 Å². The molecule has 6 heteroatoms. The summed E-state index contributed by atoms with van der Waals surface area (Å²) in [6.07, 6.45) is 1.68. The third-order valence-electron chi connectivity index (χ3n) is 3.05. The molecule has 0 saturated carbocycles. The lowest BCUT2D eigenvalue weighted by molar-refractivity contribution is 0.0697. The van der Waals surface area contributed by atoms with Gasteiger partial charge in [-0.1, -0.05) is 6.07 Å². The molecule has 0 fully saturated rings. The average molecular weight is 288 g/mol. The maximum Gasteiger partial charge on any atom is 0.337 e. The molecule has 1 heterocycles. The van der Waals surface area contributed by atoms with Gasteiger partial charge in [-0.25, -0.2) is 4.79 Å². The van der Waals surface area contributed by atoms with Gasteiger partial charge in [-0.15, -0.1) is 0 Å². The monoisotopic (exact) mass is 288 g/mol. The average Bonchev–Trinajstić information content (AvgIpc) is 2.46. The van der Waals surface area contributed by atoms with Crippen molar-refractivity contribution >= 4 is 11.7 Å². The zero-order chi connectivity index (χ0) is 15.4. The lowest BCUT2D eigenvalue weighted by Gasteiger charge is -2.13. The van der Waals surface area contributed by atoms with Crippen molar-refractivity contribution in [3.8, 4) is 11.5 Å². The number of methoxy groups -OCH3 is 1. The number of benzene rings is 1. The third kappa shape index (κ3) is 3.22. The van der Waals surface area contributed by atoms with E-state index in [2.05, 4.69) is 4.98 Å². The van der Waals surface area contributed by atoms with Crippen molar-refractivity contribution in [2.45, 2.75) is 13.5 Å². The highest BCUT2D eigenvalue weighted by molar-refractivity contribution is 5.94. The van der Waals surface area contributed by atoms with Crippen molar-refractivity contribution < 1.29 is 19.4 Å². The second-order valence-electron chi connectivity index (χ2n) is 4.45. The number of rotatable bonds is 5. The molecule has 1 aromatic heterocycles. The predicted octanol–water partition coefficient (Wildman–Crippen LogP) is 2.26. The fourth-order valence-electron chi connectivity index (χ4n) is 1.85. The second kappa shape index (κ2) is 6.13. The number of hydrogen-bond acceptors (Lipinski definition) is 5. The van der Waals surface area contributed by atoms with Gasteiger partial charge in [-0.05, 0) is 18.6 Å². The Morgan fingerprint density at radius 1 is 1.38 bits per heavy atom. The van der Waals surface area contributed by atoms with Crippen molar-refractivity contribution in [2.75, 3.05) is 12.8 Å². The van der Waals surface area contributed by atoms with Crippen LogP contribution in [0.1, 0.15) is 21.6 Å². The Morgan fingerprint density at radius 3 is 2.76 bits per heavy atom. The first-order chi connectivity index (χ1) is 10.0. The molecule has 21 heavy (non-hydrogen) atoms. The number of nitrogens with two attached hydrogens (primary N) is 1. The lowest BCUT2D eigenvalue weighted by Crippen LogP contribution is -2.06. The van der Waals surface area contributed by atoms with Crippen LogP contribution < -0.4 is 15.2 Å². The van der Waals surface area contributed by atoms with Crippen molar-refractivity contribution in [1.82, 2.24) is 4.98 Å². The molecule has 0 aliphatic carbocycles. The summed E-state index contributed by atoms with van der Waals surface area (Å²) in [6, 6.07) is 6.55. The topological polar surface area (TPSA) is 94.7 Å². The number of aryl methyl sites for hydroxylation is 1. The molecule has 2 aromatic rings. The van der Waals surface area contributed by atoms with E-state index in [0.29, 0.717) is 11.5 Å². The van der Waals surface area contributed by atoms with E-state index in [1.54, 1.807) is 6.20 Å². The Bertz CT molecular complexity index is 671. The second-order valence-corrected chi connectivity index (χ2v) is 4.45. The lowest BCUT2D eigenvalue weighted by atomic mass is 10.1. The molecule has 0 aliphatic heterocycles. The first-order valence-electron chi connectivity index (χ1n) is 6.27. The number of pyridine rings is 1. The summed E-state index contributed by atoms with van der Waals surface area (Å²) in [5, 5.41) is 9.09. The largest absolute Gasteiger partial charge is 0.493 e. The van der Waals surface area contributed by atoms with Crippen LogP contribution in [0, 0.1) is 6.92 Å². The third-order valence-corrected chi connectivity index (χ3v) is 3.05. The van der Waals surface area contributed by atoms with Crippen molar-refractivity contribution in [3.63, 3.8) is 0 Å². The van der Waals surface area contributed by atoms with Gasteiger partial charge in [0.05, 0.1) is 24.1 Å². The first kappa shape index (κ1) is 14.6. The SMILES string of the molecule is COc1cc(N)c(C(=O)O)cc1OCc1ncccc1C. The molecule has 110 valence electrons. The Kier molecular flexibility index (Phi) is 4.27. The Labute approximate surface area is 122 Å². The fraction of sp³-hybridized carbons (Fsp3) is 0.200. The minimum atomic E-state index is -1.12. The highest BCUT2D eigenvalue weighted by Gasteiger charge is 2.15. The Hall–Kier alpha value is -2.76. The van der Waals surface area contributed by atoms with Crippen LogP contribution in [0.3, 0.4) is 0 Å². The van der Waals surface area contributed by atoms with Gasteiger partial charge in [0, 0.05) is 18.3 Å². The molecule has 0 unspecified atom stereocenters. The van der Waals surface area contributed by atoms with Crippen LogP contribution >= 0.6 is 0 Å². The Balaban J connectivity index is 2.28. The zero-order valence-corrected chi connectivity index (χ0v) is 11.8. The maximum absolute atomic E-state index is 11.1. The van der Waals surface area contributed by atoms with E-state index < -0.39 is 5.97 Å². The number of hydrogen-bond donors (Lipinski definition) is 2. The van der Waals surface area contributed by atoms with Gasteiger partial charge in [0.15, 0.2) is 11.5 Å². The van der Waals surface area contributed by atoms with E-state index >= 15 is 0 Å². The van der Waals surface area contributed by atoms with Crippen LogP contribution in [-0.2, 0) is 6.61 Å². The number of nitrogen functional groups attached to an aromatic ring is 1. The summed E-state index contributed by atoms with van der Waals surface area (Å²) in [7, 11) is 1.47. The van der Waals surface area contributed by atoms with Crippen molar-refractivity contribution in [3.05, 3.63) is 47.3 Å². The summed E-state index contributed by atoms with van der Waals surface area (Å²) in [6.45, 7) is 2.14. The van der Waals surface area contributed by atoms with Crippen LogP contribution in [-0.4, -0.2) is 23.2 Å². The highest BCUT2D eigenvalue weighted by atomic mass is 16.5. The molecule has 0 bridgehead atoms. The molecule has 1 aromatic carbocycles. The number of carbonyl (C=O) groups is 1. The van der Waals surface area contributed by atoms with E-state index in [4.69, 9.17) is 20.3 Å². The van der Waals surface area contributed by atoms with Gasteiger partial charge in [0.25, 0.3) is 0 Å². The number of anilines is 1. The zero-order valence-electron chi connectivity index (χ0n) is 11.8. The molecule has 0 amide bonds. The molecule has 3 N–H and O–H groups in total. The van der Waals surface area contributed by atoms with Gasteiger partial charge < -0.3 is 20.3 Å². The molecule has 0 saturated heterocycles. The molecule has 0 aliphatic rings. The minimum absolute atomic E-state index is 0.0245. The van der Waals surface area contributed by atoms with Gasteiger partial charge >= 0.3 is 5.97 Å². The maximum atomic E-state index is 11.1. The summed E-state index contributed by atoms with van der Waals surface area (Å²) < 4.78 is 10.8. The number of carboxylic acid groups (broad SMARTS) is 1. The highest BCUT2D eigenvalue weighted by Crippen LogP contribution is 2.32. The molecular weight excluding hydrogens is 272 g/mol. The normalized spacial score (nSPS) is 10.2. The smallest absolute Gasteiger partial charge is 0.337 e. The predicted molar refractivity (Wildman–Crippen MR) is 77.7 cm³/mol. The quantitative estimate of drug-likeness (QED) is 0.819. The molecule has 0 atom stereocenters. The Morgan fingerprint density at radius 2 is 2.14 bits per heavy atom. The molecular formula is C15H16N2O4. The first-order valence-corrected chi connectivity index (χ1v) is 6.27. The summed E-state index contributed by atoms with van der Waals surface area (Å²) in [4.78, 5) is 15.3. The number of nitrogens with zero attached hydrogens (tertiary/aromatic N) is 1. The van der Waals surface area contributed by atoms with E-state index in [1.165, 1.54) is 19.2 Å². The molecule has 0 radical (unpaired) electrons. The van der Waals surface area contributed by atoms with Crippen LogP contribution in [0.2, 0.25) is 0 Å². The number of carboxylic acids is 1. The van der Waals surface area contributed by atoms with Crippen LogP contribution in [0.15, 0.2) is 30.5 Å². The van der Waals surface area contributed by atoms with Crippen molar-refractivity contribution in [1.29, 1.82) is 0 Å². The van der Waals surface area contributed by atoms with Crippen LogP contribution in [0.5, 0.6) is 11.5 Å². The van der Waals surface area contributed by atoms with Gasteiger partial charge in [-0.2, -0.15) is 0 Å². The summed E-state index contributed by atoms with van der Waals surface area (Å²) in [5.41, 5.74) is 7.53. The van der Waals surface area contributed by atoms with E-state index in [0.717, 1.165) is 11.3 Å². The number of ether oxygens (including phenoxy) is 2. The van der Waals surface area contributed by atoms with Gasteiger partial charge in [0.2, 0.25) is 0 Å². The molecule has 2 rings (SSSR count). The molecule has 6 nitrogen and oxygen atoms in total. The summed E-state index contributed by atoms with van der Waals surface area (Å²) >= 11 is 0. The minimum Gasteiger partial charge on any atom is -0.493 e. The van der Waals surface area contributed by atoms with Crippen molar-refractivity contribution in [2.24, 2.45) is 0 Å². The number of aromatic carboxylic acids is 1. The van der Waals surface area contributed by atoms with E-state index in [1.807, 2.05) is 19.1 Å². The standard InChI is InChI=1S/C15H16N2O4/c1-9-4-3-5-17-12(9)8-21-14-6-10(15(18)19)11(16)7-13(14)20-2/h3-7H,8,16H2,1-2H3,(H,18,19). The van der Waals surface area contributed by atoms with E-state index in [-0.39, 0.29) is 17.9 Å². The molecule has 0 spiro atoms. The fourth-order valence-corrected chi connectivity index (χ4v) is 1.85. The number of aromatic nitrogens is 1. The van der Waals surface area contributed by atoms with Crippen LogP contribution in [0.25, 0.3) is 0 Å². The van der Waals surface area contributed by atoms with E-state index in [9.17, 15) is 4.79 Å². The van der Waals surface area contributed by atoms with Crippen LogP contribution in [0.4, 0.5) is 5.69 Å². The summed E-state index contributed by atoms with van der Waals surface area (Å²) in [5.74, 6) is -0.422.